The van der Waals surface area contributed by atoms with E-state index in [2.05, 4.69) is 44.4 Å². The van der Waals surface area contributed by atoms with Crippen molar-refractivity contribution in [2.24, 2.45) is 11.7 Å². The van der Waals surface area contributed by atoms with Crippen LogP contribution in [0.25, 0.3) is 0 Å². The van der Waals surface area contributed by atoms with Crippen molar-refractivity contribution in [3.63, 3.8) is 0 Å². The molecule has 1 saturated carbocycles. The number of likely N-dealkylation sites (tertiary alicyclic amines) is 1. The Labute approximate surface area is 219 Å². The maximum Gasteiger partial charge on any atom is 0.236 e. The van der Waals surface area contributed by atoms with Crippen LogP contribution in [0.15, 0.2) is 28.8 Å². The van der Waals surface area contributed by atoms with Gasteiger partial charge < -0.3 is 30.9 Å². The summed E-state index contributed by atoms with van der Waals surface area (Å²) in [6.07, 6.45) is 4.57. The molecule has 0 radical (unpaired) electrons. The molecular weight excluding hydrogens is 561 g/mol. The summed E-state index contributed by atoms with van der Waals surface area (Å²) in [7, 11) is 0. The highest BCUT2D eigenvalue weighted by molar-refractivity contribution is 14.1. The predicted octanol–water partition coefficient (Wildman–Crippen LogP) is 2.27. The Balaban J connectivity index is 1.31. The van der Waals surface area contributed by atoms with E-state index in [9.17, 15) is 14.7 Å². The van der Waals surface area contributed by atoms with Crippen molar-refractivity contribution in [3.8, 4) is 5.75 Å². The number of rotatable bonds is 10. The summed E-state index contributed by atoms with van der Waals surface area (Å²) in [5, 5.41) is 20.4. The van der Waals surface area contributed by atoms with Gasteiger partial charge in [0.2, 0.25) is 11.8 Å². The molecule has 190 valence electrons. The number of halogens is 1. The zero-order chi connectivity index (χ0) is 24.9. The van der Waals surface area contributed by atoms with E-state index < -0.39 is 12.0 Å². The second kappa shape index (κ2) is 11.7. The van der Waals surface area contributed by atoms with Crippen molar-refractivity contribution in [1.82, 2.24) is 20.7 Å². The number of carbonyl (C=O) groups is 2. The molecule has 1 aliphatic carbocycles. The molecular formula is C25H34IN5O4. The van der Waals surface area contributed by atoms with Crippen LogP contribution >= 0.6 is 22.6 Å². The highest BCUT2D eigenvalue weighted by Gasteiger charge is 2.30. The zero-order valence-electron chi connectivity index (χ0n) is 20.0. The van der Waals surface area contributed by atoms with E-state index in [0.717, 1.165) is 33.4 Å². The van der Waals surface area contributed by atoms with Crippen LogP contribution in [-0.4, -0.2) is 58.7 Å². The van der Waals surface area contributed by atoms with Crippen LogP contribution in [0.3, 0.4) is 0 Å². The molecule has 1 aliphatic heterocycles. The first-order valence-electron chi connectivity index (χ1n) is 12.3. The lowest BCUT2D eigenvalue weighted by atomic mass is 9.95. The van der Waals surface area contributed by atoms with Gasteiger partial charge in [0.25, 0.3) is 0 Å². The topological polar surface area (TPSA) is 134 Å². The Kier molecular flexibility index (Phi) is 8.66. The molecule has 1 aromatic carbocycles. The first kappa shape index (κ1) is 25.9. The maximum absolute atomic E-state index is 13.4. The van der Waals surface area contributed by atoms with E-state index in [1.807, 2.05) is 17.0 Å². The fourth-order valence-electron chi connectivity index (χ4n) is 4.38. The molecule has 2 amide bonds. The number of nitrogens with two attached hydrogens (primary N) is 1. The molecule has 0 spiro atoms. The first-order chi connectivity index (χ1) is 16.8. The summed E-state index contributed by atoms with van der Waals surface area (Å²) in [5.41, 5.74) is 7.55. The van der Waals surface area contributed by atoms with Crippen LogP contribution in [0.1, 0.15) is 55.5 Å². The van der Waals surface area contributed by atoms with Crippen molar-refractivity contribution >= 4 is 34.4 Å². The predicted molar refractivity (Wildman–Crippen MR) is 140 cm³/mol. The summed E-state index contributed by atoms with van der Waals surface area (Å²) < 4.78 is 6.16. The van der Waals surface area contributed by atoms with Crippen molar-refractivity contribution in [1.29, 1.82) is 0 Å². The quantitative estimate of drug-likeness (QED) is 0.310. The second-order valence-corrected chi connectivity index (χ2v) is 10.9. The molecule has 0 bridgehead atoms. The number of phenolic OH excluding ortho intramolecular Hbond substituents is 1. The minimum Gasteiger partial charge on any atom is -0.507 e. The molecule has 2 atom stereocenters. The van der Waals surface area contributed by atoms with Gasteiger partial charge in [0.1, 0.15) is 11.5 Å². The van der Waals surface area contributed by atoms with Gasteiger partial charge in [-0.25, -0.2) is 0 Å². The number of hydrogen-bond donors (Lipinski definition) is 4. The number of piperidine rings is 1. The third-order valence-corrected chi connectivity index (χ3v) is 7.58. The second-order valence-electron chi connectivity index (χ2n) is 9.70. The van der Waals surface area contributed by atoms with Gasteiger partial charge in [-0.2, -0.15) is 0 Å². The number of carbonyl (C=O) groups excluding carboxylic acids is 2. The van der Waals surface area contributed by atoms with E-state index in [0.29, 0.717) is 38.0 Å². The Morgan fingerprint density at radius 3 is 2.66 bits per heavy atom. The largest absolute Gasteiger partial charge is 0.507 e. The maximum atomic E-state index is 13.4. The third kappa shape index (κ3) is 7.17. The molecule has 9 nitrogen and oxygen atoms in total. The molecule has 10 heteroatoms. The Morgan fingerprint density at radius 2 is 2.00 bits per heavy atom. The van der Waals surface area contributed by atoms with Crippen molar-refractivity contribution in [2.75, 3.05) is 19.6 Å². The average Bonchev–Trinajstić information content (AvgIpc) is 3.60. The van der Waals surface area contributed by atoms with Crippen LogP contribution in [0, 0.1) is 9.49 Å². The molecule has 4 rings (SSSR count). The van der Waals surface area contributed by atoms with Gasteiger partial charge in [-0.05, 0) is 79.3 Å². The molecule has 35 heavy (non-hydrogen) atoms. The van der Waals surface area contributed by atoms with E-state index in [1.165, 1.54) is 12.8 Å². The number of phenols is 1. The van der Waals surface area contributed by atoms with Gasteiger partial charge in [0, 0.05) is 44.2 Å². The number of benzene rings is 1. The minimum absolute atomic E-state index is 0.0297. The summed E-state index contributed by atoms with van der Waals surface area (Å²) in [5.74, 6) is 1.12. The standard InChI is InChI=1S/C25H34IN5O4/c1-15(27)24(33)29-13-18(10-16-2-5-22(32)21(26)11-16)25(34)31-8-6-19(7-9-31)28-14-20-12-23(35-30-20)17-3-4-17/h2,5,11-12,15,17-19,28,32H,3-4,6-10,13-14,27H2,1H3,(H,29,33)/t15-,18-/m1/s1. The summed E-state index contributed by atoms with van der Waals surface area (Å²) >= 11 is 2.07. The molecule has 5 N–H and O–H groups in total. The molecule has 1 aromatic heterocycles. The van der Waals surface area contributed by atoms with Gasteiger partial charge in [0.05, 0.1) is 21.2 Å². The monoisotopic (exact) mass is 595 g/mol. The average molecular weight is 595 g/mol. The Morgan fingerprint density at radius 1 is 1.26 bits per heavy atom. The lowest BCUT2D eigenvalue weighted by Gasteiger charge is -2.34. The van der Waals surface area contributed by atoms with Gasteiger partial charge in [-0.15, -0.1) is 0 Å². The summed E-state index contributed by atoms with van der Waals surface area (Å²) in [6.45, 7) is 3.84. The number of aromatic nitrogens is 1. The third-order valence-electron chi connectivity index (χ3n) is 6.72. The van der Waals surface area contributed by atoms with Crippen molar-refractivity contribution in [2.45, 2.75) is 63.6 Å². The number of aromatic hydroxyl groups is 1. The molecule has 2 fully saturated rings. The fraction of sp³-hybridized carbons (Fsp3) is 0.560. The van der Waals surface area contributed by atoms with Crippen LogP contribution in [-0.2, 0) is 22.6 Å². The normalized spacial score (nSPS) is 18.3. The number of hydrogen-bond acceptors (Lipinski definition) is 7. The Bertz CT molecular complexity index is 1030. The molecule has 1 saturated heterocycles. The minimum atomic E-state index is -0.632. The van der Waals surface area contributed by atoms with Gasteiger partial charge in [-0.3, -0.25) is 9.59 Å². The van der Waals surface area contributed by atoms with Crippen LogP contribution in [0.2, 0.25) is 0 Å². The highest BCUT2D eigenvalue weighted by Crippen LogP contribution is 2.40. The lowest BCUT2D eigenvalue weighted by molar-refractivity contribution is -0.136. The van der Waals surface area contributed by atoms with Crippen LogP contribution in [0.5, 0.6) is 5.75 Å². The first-order valence-corrected chi connectivity index (χ1v) is 13.4. The van der Waals surface area contributed by atoms with E-state index in [1.54, 1.807) is 13.0 Å². The zero-order valence-corrected chi connectivity index (χ0v) is 22.2. The number of nitrogens with one attached hydrogen (secondary N) is 2. The van der Waals surface area contributed by atoms with Crippen LogP contribution in [0.4, 0.5) is 0 Å². The summed E-state index contributed by atoms with van der Waals surface area (Å²) in [6, 6.07) is 7.06. The van der Waals surface area contributed by atoms with E-state index in [4.69, 9.17) is 10.3 Å². The number of nitrogens with zero attached hydrogens (tertiary/aromatic N) is 2. The molecule has 2 aliphatic rings. The SMILES string of the molecule is C[C@@H](N)C(=O)NC[C@@H](Cc1ccc(O)c(I)c1)C(=O)N1CCC(NCc2cc(C3CC3)on2)CC1. The van der Waals surface area contributed by atoms with Crippen molar-refractivity contribution in [3.05, 3.63) is 44.9 Å². The van der Waals surface area contributed by atoms with Gasteiger partial charge in [0.15, 0.2) is 0 Å². The molecule has 2 heterocycles. The lowest BCUT2D eigenvalue weighted by Crippen LogP contribution is -2.49. The van der Waals surface area contributed by atoms with E-state index in [-0.39, 0.29) is 24.1 Å². The van der Waals surface area contributed by atoms with Gasteiger partial charge in [-0.1, -0.05) is 11.2 Å². The Hall–Kier alpha value is -2.18. The molecule has 0 unspecified atom stereocenters. The molecule has 2 aromatic rings. The van der Waals surface area contributed by atoms with Crippen LogP contribution < -0.4 is 16.4 Å². The van der Waals surface area contributed by atoms with E-state index >= 15 is 0 Å². The summed E-state index contributed by atoms with van der Waals surface area (Å²) in [4.78, 5) is 27.4. The van der Waals surface area contributed by atoms with Gasteiger partial charge >= 0.3 is 0 Å². The highest BCUT2D eigenvalue weighted by atomic mass is 127. The number of amides is 2. The smallest absolute Gasteiger partial charge is 0.236 e. The fourth-order valence-corrected chi connectivity index (χ4v) is 4.96. The van der Waals surface area contributed by atoms with Crippen molar-refractivity contribution < 1.29 is 19.2 Å².